The Bertz CT molecular complexity index is 3890. The first-order chi connectivity index (χ1) is 37.4. The van der Waals surface area contributed by atoms with Gasteiger partial charge in [0.2, 0.25) is 11.4 Å². The van der Waals surface area contributed by atoms with E-state index in [2.05, 4.69) is 96.1 Å². The van der Waals surface area contributed by atoms with Gasteiger partial charge in [0, 0.05) is 117 Å². The number of ether oxygens (including phenoxy) is 3. The lowest BCUT2D eigenvalue weighted by Crippen LogP contribution is -2.39. The second-order valence-electron chi connectivity index (χ2n) is 22.5. The van der Waals surface area contributed by atoms with Crippen molar-refractivity contribution in [1.29, 1.82) is 0 Å². The van der Waals surface area contributed by atoms with Crippen LogP contribution < -0.4 is 9.80 Å². The van der Waals surface area contributed by atoms with Crippen LogP contribution in [0, 0.1) is 11.3 Å². The van der Waals surface area contributed by atoms with Crippen LogP contribution in [0.5, 0.6) is 0 Å². The fourth-order valence-corrected chi connectivity index (χ4v) is 13.7. The van der Waals surface area contributed by atoms with Gasteiger partial charge in [-0.2, -0.15) is 0 Å². The molecule has 0 amide bonds. The first-order valence-electron chi connectivity index (χ1n) is 27.2. The maximum absolute atomic E-state index is 6.74. The van der Waals surface area contributed by atoms with E-state index in [-0.39, 0.29) is 6.10 Å². The van der Waals surface area contributed by atoms with E-state index in [4.69, 9.17) is 52.9 Å². The van der Waals surface area contributed by atoms with Crippen LogP contribution in [0.1, 0.15) is 42.1 Å². The molecule has 10 aromatic rings. The van der Waals surface area contributed by atoms with E-state index in [0.717, 1.165) is 135 Å². The van der Waals surface area contributed by atoms with E-state index in [1.807, 2.05) is 24.8 Å². The van der Waals surface area contributed by atoms with Crippen LogP contribution in [0.2, 0.25) is 0 Å². The molecular weight excluding hydrogens is 959 g/mol. The number of nitrogens with one attached hydrogen (secondary N) is 2. The molecule has 2 aromatic carbocycles. The Labute approximate surface area is 437 Å². The molecule has 18 nitrogen and oxygen atoms in total. The lowest BCUT2D eigenvalue weighted by atomic mass is 9.86. The van der Waals surface area contributed by atoms with E-state index >= 15 is 0 Å². The Kier molecular flexibility index (Phi) is 10.6. The summed E-state index contributed by atoms with van der Waals surface area (Å²) in [5.74, 6) is 3.34. The monoisotopic (exact) mass is 1020 g/mol. The molecule has 8 aromatic heterocycles. The molecule has 16 rings (SSSR count). The number of hydrogen-bond acceptors (Lipinski definition) is 16. The van der Waals surface area contributed by atoms with E-state index < -0.39 is 0 Å². The third kappa shape index (κ3) is 7.66. The molecule has 1 spiro atoms. The average molecular weight is 1020 g/mol. The van der Waals surface area contributed by atoms with E-state index in [9.17, 15) is 0 Å². The number of piperidine rings is 1. The van der Waals surface area contributed by atoms with Crippen molar-refractivity contribution in [2.75, 3.05) is 109 Å². The Balaban J connectivity index is 0.753. The fraction of sp³-hybridized carbons (Fsp3) is 0.414. The molecule has 386 valence electrons. The number of hydrogen-bond donors (Lipinski definition) is 2. The third-order valence-electron chi connectivity index (χ3n) is 17.4. The molecule has 0 radical (unpaired) electrons. The van der Waals surface area contributed by atoms with E-state index in [1.165, 1.54) is 25.9 Å². The summed E-state index contributed by atoms with van der Waals surface area (Å²) in [5, 5.41) is 3.86. The largest absolute Gasteiger partial charge is 0.432 e. The summed E-state index contributed by atoms with van der Waals surface area (Å²) >= 11 is 0. The van der Waals surface area contributed by atoms with Crippen LogP contribution in [0.4, 0.5) is 11.6 Å². The number of likely N-dealkylation sites (tertiary alicyclic amines) is 3. The molecule has 2 bridgehead atoms. The lowest BCUT2D eigenvalue weighted by molar-refractivity contribution is 0.0404. The zero-order valence-corrected chi connectivity index (χ0v) is 42.6. The third-order valence-corrected chi connectivity index (χ3v) is 17.4. The molecular formula is C58H59N13O5. The van der Waals surface area contributed by atoms with Gasteiger partial charge in [0.05, 0.1) is 55.4 Å². The first-order valence-corrected chi connectivity index (χ1v) is 27.2. The summed E-state index contributed by atoms with van der Waals surface area (Å²) in [6.45, 7) is 13.3. The van der Waals surface area contributed by atoms with Gasteiger partial charge in [-0.3, -0.25) is 9.80 Å². The van der Waals surface area contributed by atoms with Gasteiger partial charge in [0.1, 0.15) is 17.1 Å². The molecule has 2 N–H and O–H groups in total. The Morgan fingerprint density at radius 2 is 1.36 bits per heavy atom. The average Bonchev–Trinajstić information content (AvgIpc) is 4.35. The van der Waals surface area contributed by atoms with Crippen molar-refractivity contribution in [2.45, 2.75) is 44.6 Å². The number of morpholine rings is 2. The molecule has 6 saturated heterocycles. The Morgan fingerprint density at radius 3 is 2.12 bits per heavy atom. The van der Waals surface area contributed by atoms with Crippen molar-refractivity contribution in [2.24, 2.45) is 11.3 Å². The van der Waals surface area contributed by atoms with Gasteiger partial charge < -0.3 is 47.7 Å². The zero-order valence-electron chi connectivity index (χ0n) is 42.6. The maximum Gasteiger partial charge on any atom is 0.229 e. The molecule has 4 unspecified atom stereocenters. The predicted molar refractivity (Wildman–Crippen MR) is 290 cm³/mol. The topological polar surface area (TPSA) is 179 Å². The number of H-pyrrole nitrogens is 2. The standard InChI is InChI=1S/C58H59N13O5/c1-67-13-9-58(32-67)10-14-68(33-58)26-34-22-43-49-51(76-57(43)61-24-34)55(66-52(63-49)40-3-2-4-45-38(40)7-11-59-45)71-17-20-73-46(30-71)42-6-5-41(39-8-12-60-47(39)42)53-64-48-44-23-35(27-69-28-36-21-37(29-69)74-31-36)25-62-56(44)75-50(48)54(65-53)70-15-18-72-19-16-70/h2-8,11-12,22-25,36-37,46,59-60H,9-10,13-21,26-33H2,1H3. The maximum atomic E-state index is 6.74. The van der Waals surface area contributed by atoms with Crippen LogP contribution in [0.25, 0.3) is 89.0 Å². The highest BCUT2D eigenvalue weighted by molar-refractivity contribution is 6.08. The van der Waals surface area contributed by atoms with Crippen LogP contribution in [0.15, 0.2) is 88.2 Å². The number of pyridine rings is 2. The molecule has 18 heteroatoms. The Hall–Kier alpha value is -7.06. The number of furan rings is 2. The highest BCUT2D eigenvalue weighted by Gasteiger charge is 2.42. The van der Waals surface area contributed by atoms with Crippen LogP contribution in [-0.2, 0) is 27.3 Å². The molecule has 0 saturated carbocycles. The molecule has 0 aliphatic carbocycles. The number of fused-ring (bicyclic) bond motifs is 10. The number of aromatic nitrogens is 8. The molecule has 6 aliphatic rings. The van der Waals surface area contributed by atoms with Gasteiger partial charge in [0.15, 0.2) is 34.5 Å². The van der Waals surface area contributed by atoms with Gasteiger partial charge in [0.25, 0.3) is 0 Å². The number of nitrogens with zero attached hydrogens (tertiary/aromatic N) is 11. The van der Waals surface area contributed by atoms with Crippen molar-refractivity contribution >= 4 is 77.8 Å². The minimum absolute atomic E-state index is 0.306. The fourth-order valence-electron chi connectivity index (χ4n) is 13.7. The van der Waals surface area contributed by atoms with Gasteiger partial charge in [-0.15, -0.1) is 0 Å². The molecule has 14 heterocycles. The first kappa shape index (κ1) is 45.2. The predicted octanol–water partition coefficient (Wildman–Crippen LogP) is 8.31. The highest BCUT2D eigenvalue weighted by atomic mass is 16.5. The van der Waals surface area contributed by atoms with Crippen molar-refractivity contribution in [3.05, 3.63) is 96.1 Å². The SMILES string of the molecule is CN1CCC2(CCN(Cc3cnc4oc5c(N6CCOC(c7ccc(-c8nc(N9CCOCC9)c9oc%10ncc(CN%11CC%12COC(C%12)C%11)cc%10c9n8)c8cc[nH]c78)C6)nc(-c6cccc7[nH]ccc67)nc5c4c3)C2)C1. The van der Waals surface area contributed by atoms with Gasteiger partial charge in [-0.05, 0) is 92.2 Å². The van der Waals surface area contributed by atoms with Crippen LogP contribution in [-0.4, -0.2) is 160 Å². The smallest absolute Gasteiger partial charge is 0.229 e. The van der Waals surface area contributed by atoms with Crippen LogP contribution in [0.3, 0.4) is 0 Å². The van der Waals surface area contributed by atoms with Crippen LogP contribution >= 0.6 is 0 Å². The number of aromatic amines is 2. The lowest BCUT2D eigenvalue weighted by Gasteiger charge is -2.34. The van der Waals surface area contributed by atoms with Gasteiger partial charge in [-0.25, -0.2) is 29.9 Å². The molecule has 4 atom stereocenters. The normalized spacial score (nSPS) is 23.9. The van der Waals surface area contributed by atoms with Gasteiger partial charge in [-0.1, -0.05) is 24.3 Å². The summed E-state index contributed by atoms with van der Waals surface area (Å²) in [4.78, 5) is 50.3. The second kappa shape index (κ2) is 17.8. The number of anilines is 2. The zero-order chi connectivity index (χ0) is 50.1. The summed E-state index contributed by atoms with van der Waals surface area (Å²) in [6, 6.07) is 19.2. The number of rotatable bonds is 9. The van der Waals surface area contributed by atoms with E-state index in [1.54, 1.807) is 0 Å². The molecule has 76 heavy (non-hydrogen) atoms. The minimum atomic E-state index is -0.306. The summed E-state index contributed by atoms with van der Waals surface area (Å²) < 4.78 is 31.9. The number of benzene rings is 2. The molecule has 6 aliphatic heterocycles. The van der Waals surface area contributed by atoms with Crippen molar-refractivity contribution in [3.63, 3.8) is 0 Å². The quantitative estimate of drug-likeness (QED) is 0.141. The molecule has 6 fully saturated rings. The Morgan fingerprint density at radius 1 is 0.645 bits per heavy atom. The summed E-state index contributed by atoms with van der Waals surface area (Å²) in [7, 11) is 2.25. The van der Waals surface area contributed by atoms with Crippen molar-refractivity contribution in [1.82, 2.24) is 54.6 Å². The second-order valence-corrected chi connectivity index (χ2v) is 22.5. The van der Waals surface area contributed by atoms with Crippen molar-refractivity contribution in [3.8, 4) is 22.8 Å². The van der Waals surface area contributed by atoms with Crippen molar-refractivity contribution < 1.29 is 23.0 Å². The highest BCUT2D eigenvalue weighted by Crippen LogP contribution is 2.43. The summed E-state index contributed by atoms with van der Waals surface area (Å²) in [6.07, 6.45) is 11.6. The van der Waals surface area contributed by atoms with Gasteiger partial charge >= 0.3 is 0 Å². The van der Waals surface area contributed by atoms with E-state index in [0.29, 0.717) is 97.7 Å². The summed E-state index contributed by atoms with van der Waals surface area (Å²) in [5.41, 5.74) is 11.5. The minimum Gasteiger partial charge on any atom is -0.432 e.